The molecule has 1 rings (SSSR count). The quantitative estimate of drug-likeness (QED) is 0.268. The third-order valence-electron chi connectivity index (χ3n) is 4.64. The van der Waals surface area contributed by atoms with Crippen molar-refractivity contribution in [2.24, 2.45) is 11.7 Å². The van der Waals surface area contributed by atoms with Gasteiger partial charge in [0.05, 0.1) is 12.6 Å². The summed E-state index contributed by atoms with van der Waals surface area (Å²) in [7, 11) is 0. The molecule has 0 saturated carbocycles. The summed E-state index contributed by atoms with van der Waals surface area (Å²) in [6, 6.07) is 6.44. The highest BCUT2D eigenvalue weighted by molar-refractivity contribution is 7.98. The zero-order valence-corrected chi connectivity index (χ0v) is 19.6. The average Bonchev–Trinajstić information content (AvgIpc) is 2.74. The van der Waals surface area contributed by atoms with E-state index < -0.39 is 48.4 Å². The second kappa shape index (κ2) is 14.5. The van der Waals surface area contributed by atoms with E-state index in [0.717, 1.165) is 5.56 Å². The van der Waals surface area contributed by atoms with E-state index in [-0.39, 0.29) is 18.8 Å². The largest absolute Gasteiger partial charge is 0.480 e. The lowest BCUT2D eigenvalue weighted by Gasteiger charge is -2.22. The summed E-state index contributed by atoms with van der Waals surface area (Å²) in [6.45, 7) is 3.49. The Labute approximate surface area is 193 Å². The highest BCUT2D eigenvalue weighted by atomic mass is 32.2. The Hall–Kier alpha value is -2.59. The van der Waals surface area contributed by atoms with E-state index in [2.05, 4.69) is 16.0 Å². The molecular weight excluding hydrogens is 432 g/mol. The Morgan fingerprint density at radius 1 is 1.03 bits per heavy atom. The fourth-order valence-electron chi connectivity index (χ4n) is 2.98. The van der Waals surface area contributed by atoms with Crippen LogP contribution in [0.4, 0.5) is 0 Å². The number of amides is 3. The van der Waals surface area contributed by atoms with Crippen molar-refractivity contribution in [1.29, 1.82) is 0 Å². The molecule has 0 heterocycles. The van der Waals surface area contributed by atoms with E-state index >= 15 is 0 Å². The van der Waals surface area contributed by atoms with E-state index in [1.54, 1.807) is 0 Å². The summed E-state index contributed by atoms with van der Waals surface area (Å²) in [4.78, 5) is 48.7. The van der Waals surface area contributed by atoms with E-state index in [4.69, 9.17) is 5.73 Å². The number of carboxylic acids is 1. The molecule has 3 amide bonds. The van der Waals surface area contributed by atoms with E-state index in [1.165, 1.54) is 11.8 Å². The minimum absolute atomic E-state index is 0.217. The number of carbonyl (C=O) groups excluding carboxylic acids is 3. The number of carbonyl (C=O) groups is 4. The van der Waals surface area contributed by atoms with E-state index in [1.807, 2.05) is 50.4 Å². The Morgan fingerprint density at radius 2 is 1.69 bits per heavy atom. The van der Waals surface area contributed by atoms with Gasteiger partial charge in [0.2, 0.25) is 17.7 Å². The van der Waals surface area contributed by atoms with Crippen LogP contribution < -0.4 is 21.7 Å². The zero-order chi connectivity index (χ0) is 24.1. The third kappa shape index (κ3) is 10.6. The average molecular weight is 467 g/mol. The van der Waals surface area contributed by atoms with Crippen LogP contribution in [0.15, 0.2) is 30.3 Å². The highest BCUT2D eigenvalue weighted by Gasteiger charge is 2.25. The van der Waals surface area contributed by atoms with Crippen molar-refractivity contribution in [2.45, 2.75) is 51.2 Å². The Balaban J connectivity index is 2.76. The van der Waals surface area contributed by atoms with Gasteiger partial charge in [-0.3, -0.25) is 14.4 Å². The van der Waals surface area contributed by atoms with Crippen LogP contribution in [-0.4, -0.2) is 65.5 Å². The molecule has 0 fully saturated rings. The molecular formula is C22H34N4O5S. The maximum absolute atomic E-state index is 12.8. The standard InChI is InChI=1S/C22H34N4O5S/c1-14(2)11-16(23)20(28)26-18(12-15-7-5-4-6-8-15)21(29)24-13-19(27)25-17(22(30)31)9-10-32-3/h4-8,14,16-18H,9-13,23H2,1-3H3,(H,24,29)(H,25,27)(H,26,28)(H,30,31). The van der Waals surface area contributed by atoms with Gasteiger partial charge < -0.3 is 26.8 Å². The topological polar surface area (TPSA) is 151 Å². The lowest BCUT2D eigenvalue weighted by atomic mass is 10.0. The maximum Gasteiger partial charge on any atom is 0.326 e. The van der Waals surface area contributed by atoms with Gasteiger partial charge in [-0.05, 0) is 36.3 Å². The molecule has 1 aromatic rings. The first-order valence-corrected chi connectivity index (χ1v) is 11.9. The molecule has 0 aliphatic heterocycles. The second-order valence-electron chi connectivity index (χ2n) is 7.94. The summed E-state index contributed by atoms with van der Waals surface area (Å²) in [5.74, 6) is -1.95. The van der Waals surface area contributed by atoms with Crippen LogP contribution in [0.2, 0.25) is 0 Å². The zero-order valence-electron chi connectivity index (χ0n) is 18.8. The first-order chi connectivity index (χ1) is 15.1. The predicted molar refractivity (Wildman–Crippen MR) is 125 cm³/mol. The number of benzene rings is 1. The fourth-order valence-corrected chi connectivity index (χ4v) is 3.45. The van der Waals surface area contributed by atoms with Gasteiger partial charge in [-0.15, -0.1) is 0 Å². The smallest absolute Gasteiger partial charge is 0.326 e. The first-order valence-electron chi connectivity index (χ1n) is 10.5. The summed E-state index contributed by atoms with van der Waals surface area (Å²) >= 11 is 1.47. The normalized spacial score (nSPS) is 13.7. The van der Waals surface area contributed by atoms with Gasteiger partial charge in [0.1, 0.15) is 12.1 Å². The van der Waals surface area contributed by atoms with Crippen LogP contribution in [0.3, 0.4) is 0 Å². The number of rotatable bonds is 14. The van der Waals surface area contributed by atoms with Crippen molar-refractivity contribution in [2.75, 3.05) is 18.6 Å². The Bertz CT molecular complexity index is 760. The third-order valence-corrected chi connectivity index (χ3v) is 5.29. The summed E-state index contributed by atoms with van der Waals surface area (Å²) in [5.41, 5.74) is 6.77. The van der Waals surface area contributed by atoms with E-state index in [0.29, 0.717) is 12.2 Å². The van der Waals surface area contributed by atoms with Gasteiger partial charge in [-0.2, -0.15) is 11.8 Å². The highest BCUT2D eigenvalue weighted by Crippen LogP contribution is 2.06. The molecule has 0 spiro atoms. The first kappa shape index (κ1) is 27.4. The number of hydrogen-bond donors (Lipinski definition) is 5. The second-order valence-corrected chi connectivity index (χ2v) is 8.93. The Morgan fingerprint density at radius 3 is 2.25 bits per heavy atom. The lowest BCUT2D eigenvalue weighted by molar-refractivity contribution is -0.141. The van der Waals surface area contributed by atoms with Crippen LogP contribution in [-0.2, 0) is 25.6 Å². The molecule has 0 radical (unpaired) electrons. The van der Waals surface area contributed by atoms with Crippen molar-refractivity contribution in [1.82, 2.24) is 16.0 Å². The number of nitrogens with one attached hydrogen (secondary N) is 3. The minimum Gasteiger partial charge on any atom is -0.480 e. The number of nitrogens with two attached hydrogens (primary N) is 1. The number of carboxylic acid groups (broad SMARTS) is 1. The van der Waals surface area contributed by atoms with Gasteiger partial charge >= 0.3 is 5.97 Å². The SMILES string of the molecule is CSCCC(NC(=O)CNC(=O)C(Cc1ccccc1)NC(=O)C(N)CC(C)C)C(=O)O. The van der Waals surface area contributed by atoms with E-state index in [9.17, 15) is 24.3 Å². The molecule has 0 aliphatic carbocycles. The molecule has 0 bridgehead atoms. The molecule has 1 aromatic carbocycles. The monoisotopic (exact) mass is 466 g/mol. The molecule has 3 atom stereocenters. The molecule has 0 aliphatic rings. The van der Waals surface area contributed by atoms with Crippen molar-refractivity contribution < 1.29 is 24.3 Å². The molecule has 0 saturated heterocycles. The van der Waals surface area contributed by atoms with Crippen LogP contribution in [0.5, 0.6) is 0 Å². The number of aliphatic carboxylic acids is 1. The molecule has 32 heavy (non-hydrogen) atoms. The van der Waals surface area contributed by atoms with Crippen molar-refractivity contribution in [3.63, 3.8) is 0 Å². The van der Waals surface area contributed by atoms with Crippen molar-refractivity contribution >= 4 is 35.5 Å². The van der Waals surface area contributed by atoms with Gasteiger partial charge in [0.15, 0.2) is 0 Å². The lowest BCUT2D eigenvalue weighted by Crippen LogP contribution is -2.54. The van der Waals surface area contributed by atoms with Crippen molar-refractivity contribution in [3.05, 3.63) is 35.9 Å². The van der Waals surface area contributed by atoms with Crippen LogP contribution in [0, 0.1) is 5.92 Å². The summed E-state index contributed by atoms with van der Waals surface area (Å²) in [5, 5.41) is 16.8. The number of thioether (sulfide) groups is 1. The van der Waals surface area contributed by atoms with Crippen LogP contribution in [0.1, 0.15) is 32.3 Å². The maximum atomic E-state index is 12.8. The van der Waals surface area contributed by atoms with Crippen LogP contribution >= 0.6 is 11.8 Å². The molecule has 3 unspecified atom stereocenters. The minimum atomic E-state index is -1.13. The predicted octanol–water partition coefficient (Wildman–Crippen LogP) is 0.526. The molecule has 6 N–H and O–H groups in total. The van der Waals surface area contributed by atoms with Gasteiger partial charge in [-0.25, -0.2) is 4.79 Å². The van der Waals surface area contributed by atoms with Gasteiger partial charge in [-0.1, -0.05) is 44.2 Å². The number of hydrogen-bond acceptors (Lipinski definition) is 6. The van der Waals surface area contributed by atoms with Gasteiger partial charge in [0, 0.05) is 6.42 Å². The summed E-state index contributed by atoms with van der Waals surface area (Å²) in [6.07, 6.45) is 2.81. The molecule has 0 aromatic heterocycles. The summed E-state index contributed by atoms with van der Waals surface area (Å²) < 4.78 is 0. The van der Waals surface area contributed by atoms with Gasteiger partial charge in [0.25, 0.3) is 0 Å². The van der Waals surface area contributed by atoms with Crippen LogP contribution in [0.25, 0.3) is 0 Å². The molecule has 9 nitrogen and oxygen atoms in total. The molecule has 178 valence electrons. The van der Waals surface area contributed by atoms with Crippen molar-refractivity contribution in [3.8, 4) is 0 Å². The Kier molecular flexibility index (Phi) is 12.4. The molecule has 10 heteroatoms. The fraction of sp³-hybridized carbons (Fsp3) is 0.545.